The molecule has 22 heavy (non-hydrogen) atoms. The van der Waals surface area contributed by atoms with Crippen LogP contribution >= 0.6 is 0 Å². The number of hydrogen-bond donors (Lipinski definition) is 0. The summed E-state index contributed by atoms with van der Waals surface area (Å²) in [5.41, 5.74) is 1.25. The largest absolute Gasteiger partial charge is 0.444 e. The van der Waals surface area contributed by atoms with Gasteiger partial charge >= 0.3 is 6.09 Å². The number of carbonyl (C=O) groups is 1. The summed E-state index contributed by atoms with van der Waals surface area (Å²) in [6.45, 7) is 6.87. The van der Waals surface area contributed by atoms with Crippen LogP contribution in [0.4, 0.5) is 4.79 Å². The summed E-state index contributed by atoms with van der Waals surface area (Å²) in [6, 6.07) is 9.82. The van der Waals surface area contributed by atoms with Crippen molar-refractivity contribution in [2.24, 2.45) is 5.16 Å². The van der Waals surface area contributed by atoms with Crippen LogP contribution in [0.25, 0.3) is 0 Å². The summed E-state index contributed by atoms with van der Waals surface area (Å²) < 4.78 is 5.36. The monoisotopic (exact) mass is 302 g/mol. The number of hydrogen-bond acceptors (Lipinski definition) is 4. The molecule has 0 N–H and O–H groups in total. The maximum Gasteiger partial charge on any atom is 0.410 e. The first-order valence-corrected chi connectivity index (χ1v) is 7.31. The van der Waals surface area contributed by atoms with E-state index in [9.17, 15) is 4.79 Å². The summed E-state index contributed by atoms with van der Waals surface area (Å²) in [5, 5.41) is 4.09. The van der Waals surface area contributed by atoms with Crippen LogP contribution in [0, 0.1) is 0 Å². The molecular formula is C17H22N2O3. The van der Waals surface area contributed by atoms with Crippen LogP contribution in [0.2, 0.25) is 0 Å². The second-order valence-electron chi connectivity index (χ2n) is 6.10. The molecular weight excluding hydrogens is 280 g/mol. The predicted octanol–water partition coefficient (Wildman–Crippen LogP) is 3.37. The van der Waals surface area contributed by atoms with E-state index < -0.39 is 5.60 Å². The predicted molar refractivity (Wildman–Crippen MR) is 85.6 cm³/mol. The Balaban J connectivity index is 1.87. The highest BCUT2D eigenvalue weighted by molar-refractivity contribution is 5.98. The van der Waals surface area contributed by atoms with Crippen LogP contribution in [0.5, 0.6) is 0 Å². The van der Waals surface area contributed by atoms with Crippen molar-refractivity contribution in [1.82, 2.24) is 4.90 Å². The van der Waals surface area contributed by atoms with Crippen molar-refractivity contribution in [1.29, 1.82) is 0 Å². The number of nitrogens with zero attached hydrogens (tertiary/aromatic N) is 2. The molecule has 0 bridgehead atoms. The quantitative estimate of drug-likeness (QED) is 0.804. The van der Waals surface area contributed by atoms with Crippen molar-refractivity contribution in [2.75, 3.05) is 13.1 Å². The van der Waals surface area contributed by atoms with E-state index in [0.717, 1.165) is 5.56 Å². The van der Waals surface area contributed by atoms with Gasteiger partial charge in [0.25, 0.3) is 0 Å². The third-order valence-electron chi connectivity index (χ3n) is 2.90. The smallest absolute Gasteiger partial charge is 0.410 e. The number of amides is 1. The first-order chi connectivity index (χ1) is 10.4. The van der Waals surface area contributed by atoms with Crippen LogP contribution in [0.1, 0.15) is 26.3 Å². The van der Waals surface area contributed by atoms with Gasteiger partial charge in [-0.25, -0.2) is 4.79 Å². The number of carbonyl (C=O) groups excluding carboxylic acids is 1. The lowest BCUT2D eigenvalue weighted by molar-refractivity contribution is 0.0294. The van der Waals surface area contributed by atoms with Gasteiger partial charge in [0.15, 0.2) is 0 Å². The topological polar surface area (TPSA) is 51.1 Å². The van der Waals surface area contributed by atoms with E-state index >= 15 is 0 Å². The van der Waals surface area contributed by atoms with Crippen LogP contribution in [-0.2, 0) is 16.2 Å². The Morgan fingerprint density at radius 1 is 1.27 bits per heavy atom. The number of oxime groups is 1. The molecule has 1 aliphatic heterocycles. The normalized spacial score (nSPS) is 16.7. The minimum atomic E-state index is -0.501. The summed E-state index contributed by atoms with van der Waals surface area (Å²) in [4.78, 5) is 19.0. The van der Waals surface area contributed by atoms with Gasteiger partial charge < -0.3 is 9.57 Å². The molecule has 1 aliphatic rings. The first-order valence-electron chi connectivity index (χ1n) is 7.31. The fourth-order valence-corrected chi connectivity index (χ4v) is 1.92. The zero-order chi connectivity index (χ0) is 16.0. The Kier molecular flexibility index (Phi) is 5.20. The Bertz CT molecular complexity index is 559. The number of benzene rings is 1. The molecule has 0 unspecified atom stereocenters. The minimum absolute atomic E-state index is 0.340. The van der Waals surface area contributed by atoms with Crippen molar-refractivity contribution < 1.29 is 14.4 Å². The summed E-state index contributed by atoms with van der Waals surface area (Å²) in [6.07, 6.45) is 3.40. The highest BCUT2D eigenvalue weighted by Gasteiger charge is 2.23. The number of ether oxygens (including phenoxy) is 1. The second-order valence-corrected chi connectivity index (χ2v) is 6.10. The van der Waals surface area contributed by atoms with Crippen molar-refractivity contribution >= 4 is 11.8 Å². The van der Waals surface area contributed by atoms with Gasteiger partial charge in [0, 0.05) is 6.54 Å². The molecule has 0 saturated carbocycles. The van der Waals surface area contributed by atoms with Gasteiger partial charge in [-0.3, -0.25) is 4.90 Å². The van der Waals surface area contributed by atoms with Crippen LogP contribution < -0.4 is 0 Å². The van der Waals surface area contributed by atoms with E-state index in [2.05, 4.69) is 5.16 Å². The minimum Gasteiger partial charge on any atom is -0.444 e. The lowest BCUT2D eigenvalue weighted by atomic mass is 10.2. The maximum atomic E-state index is 12.0. The molecule has 5 nitrogen and oxygen atoms in total. The highest BCUT2D eigenvalue weighted by Crippen LogP contribution is 2.12. The summed E-state index contributed by atoms with van der Waals surface area (Å²) >= 11 is 0. The van der Waals surface area contributed by atoms with Crippen LogP contribution in [-0.4, -0.2) is 35.4 Å². The van der Waals surface area contributed by atoms with E-state index in [1.165, 1.54) is 0 Å². The molecule has 0 aliphatic carbocycles. The average molecular weight is 302 g/mol. The molecule has 0 saturated heterocycles. The Labute approximate surface area is 131 Å². The Morgan fingerprint density at radius 2 is 2.00 bits per heavy atom. The molecule has 0 fully saturated rings. The second kappa shape index (κ2) is 7.11. The van der Waals surface area contributed by atoms with E-state index in [1.807, 2.05) is 63.3 Å². The van der Waals surface area contributed by atoms with Gasteiger partial charge in [0.05, 0.1) is 12.3 Å². The van der Waals surface area contributed by atoms with Crippen molar-refractivity contribution in [3.05, 3.63) is 48.0 Å². The van der Waals surface area contributed by atoms with Gasteiger partial charge in [-0.05, 0) is 32.4 Å². The van der Waals surface area contributed by atoms with Gasteiger partial charge in [-0.2, -0.15) is 0 Å². The summed E-state index contributed by atoms with van der Waals surface area (Å²) in [7, 11) is 0. The first kappa shape index (κ1) is 16.1. The van der Waals surface area contributed by atoms with Gasteiger partial charge in [0.1, 0.15) is 12.2 Å². The Hall–Kier alpha value is -2.30. The lowest BCUT2D eigenvalue weighted by Gasteiger charge is -2.28. The van der Waals surface area contributed by atoms with E-state index in [0.29, 0.717) is 25.4 Å². The van der Waals surface area contributed by atoms with Crippen LogP contribution in [0.15, 0.2) is 47.6 Å². The molecule has 1 amide bonds. The van der Waals surface area contributed by atoms with Crippen molar-refractivity contribution in [2.45, 2.75) is 33.0 Å². The van der Waals surface area contributed by atoms with E-state index in [1.54, 1.807) is 4.90 Å². The molecule has 0 spiro atoms. The average Bonchev–Trinajstić information content (AvgIpc) is 2.47. The maximum absolute atomic E-state index is 12.0. The molecule has 0 radical (unpaired) electrons. The lowest BCUT2D eigenvalue weighted by Crippen LogP contribution is -2.41. The number of rotatable bonds is 3. The van der Waals surface area contributed by atoms with E-state index in [4.69, 9.17) is 9.57 Å². The molecule has 1 heterocycles. The molecule has 118 valence electrons. The molecule has 1 aromatic rings. The van der Waals surface area contributed by atoms with Gasteiger partial charge in [0.2, 0.25) is 0 Å². The highest BCUT2D eigenvalue weighted by atomic mass is 16.6. The third kappa shape index (κ3) is 5.24. The van der Waals surface area contributed by atoms with Crippen LogP contribution in [0.3, 0.4) is 0 Å². The SMILES string of the molecule is CC(C)(C)OC(=O)N1CC=CC(=NOCc2ccccc2)C1. The fourth-order valence-electron chi connectivity index (χ4n) is 1.92. The van der Waals surface area contributed by atoms with Gasteiger partial charge in [-0.1, -0.05) is 41.6 Å². The molecule has 5 heteroatoms. The summed E-state index contributed by atoms with van der Waals surface area (Å²) in [5.74, 6) is 0. The molecule has 1 aromatic carbocycles. The zero-order valence-electron chi connectivity index (χ0n) is 13.3. The van der Waals surface area contributed by atoms with E-state index in [-0.39, 0.29) is 6.09 Å². The fraction of sp³-hybridized carbons (Fsp3) is 0.412. The third-order valence-corrected chi connectivity index (χ3v) is 2.90. The van der Waals surface area contributed by atoms with Crippen molar-refractivity contribution in [3.63, 3.8) is 0 Å². The van der Waals surface area contributed by atoms with Gasteiger partial charge in [-0.15, -0.1) is 0 Å². The molecule has 2 rings (SSSR count). The Morgan fingerprint density at radius 3 is 2.68 bits per heavy atom. The van der Waals surface area contributed by atoms with Crippen molar-refractivity contribution in [3.8, 4) is 0 Å². The molecule has 0 aromatic heterocycles. The zero-order valence-corrected chi connectivity index (χ0v) is 13.3. The standard InChI is InChI=1S/C17H22N2O3/c1-17(2,3)22-16(20)19-11-7-10-15(12-19)18-21-13-14-8-5-4-6-9-14/h4-10H,11-13H2,1-3H3. The molecule has 0 atom stereocenters.